The first-order chi connectivity index (χ1) is 19.3. The lowest BCUT2D eigenvalue weighted by Crippen LogP contribution is -2.34. The highest BCUT2D eigenvalue weighted by atomic mass is 35.5. The van der Waals surface area contributed by atoms with E-state index in [9.17, 15) is 4.79 Å². The van der Waals surface area contributed by atoms with Gasteiger partial charge in [-0.05, 0) is 50.4 Å². The molecule has 0 aliphatic carbocycles. The molecule has 40 heavy (non-hydrogen) atoms. The van der Waals surface area contributed by atoms with E-state index in [2.05, 4.69) is 46.1 Å². The van der Waals surface area contributed by atoms with Crippen LogP contribution in [0.5, 0.6) is 6.01 Å². The summed E-state index contributed by atoms with van der Waals surface area (Å²) in [6.45, 7) is 3.56. The fourth-order valence-corrected chi connectivity index (χ4v) is 5.77. The molecule has 0 spiro atoms. The van der Waals surface area contributed by atoms with Crippen LogP contribution in [0.2, 0.25) is 5.02 Å². The second-order valence-electron chi connectivity index (χ2n) is 10.9. The van der Waals surface area contributed by atoms with Crippen LogP contribution in [0.4, 0.5) is 11.5 Å². The van der Waals surface area contributed by atoms with Gasteiger partial charge in [0.05, 0.1) is 23.6 Å². The summed E-state index contributed by atoms with van der Waals surface area (Å²) in [4.78, 5) is 34.6. The van der Waals surface area contributed by atoms with Crippen molar-refractivity contribution in [2.75, 3.05) is 64.2 Å². The maximum Gasteiger partial charge on any atom is 0.318 e. The molecule has 212 valence electrons. The van der Waals surface area contributed by atoms with E-state index < -0.39 is 0 Å². The molecule has 3 heterocycles. The van der Waals surface area contributed by atoms with Crippen LogP contribution in [0.15, 0.2) is 41.4 Å². The average Bonchev–Trinajstić information content (AvgIpc) is 3.37. The Balaban J connectivity index is 1.42. The van der Waals surface area contributed by atoms with E-state index >= 15 is 0 Å². The van der Waals surface area contributed by atoms with E-state index in [1.807, 2.05) is 38.2 Å². The van der Waals surface area contributed by atoms with Crippen LogP contribution >= 0.6 is 11.6 Å². The molecular weight excluding hydrogens is 526 g/mol. The molecule has 1 fully saturated rings. The summed E-state index contributed by atoms with van der Waals surface area (Å²) >= 11 is 6.67. The van der Waals surface area contributed by atoms with E-state index in [1.165, 1.54) is 12.8 Å². The van der Waals surface area contributed by atoms with Crippen molar-refractivity contribution in [3.63, 3.8) is 0 Å². The summed E-state index contributed by atoms with van der Waals surface area (Å²) in [6, 6.07) is 13.1. The fourth-order valence-electron chi connectivity index (χ4n) is 5.49. The van der Waals surface area contributed by atoms with Gasteiger partial charge in [0.1, 0.15) is 12.4 Å². The van der Waals surface area contributed by atoms with E-state index in [0.717, 1.165) is 64.5 Å². The molecule has 0 N–H and O–H groups in total. The first-order valence-corrected chi connectivity index (χ1v) is 14.3. The number of amides is 1. The normalized spacial score (nSPS) is 17.4. The maximum absolute atomic E-state index is 12.3. The lowest BCUT2D eigenvalue weighted by atomic mass is 10.0. The summed E-state index contributed by atoms with van der Waals surface area (Å²) in [6.07, 6.45) is 4.89. The number of likely N-dealkylation sites (N-methyl/N-ethyl adjacent to an activating group) is 1. The van der Waals surface area contributed by atoms with Gasteiger partial charge in [-0.25, -0.2) is 4.99 Å². The molecule has 1 aromatic heterocycles. The molecule has 0 unspecified atom stereocenters. The van der Waals surface area contributed by atoms with Gasteiger partial charge in [0.15, 0.2) is 0 Å². The van der Waals surface area contributed by atoms with E-state index in [4.69, 9.17) is 26.3 Å². The highest BCUT2D eigenvalue weighted by Gasteiger charge is 2.27. The van der Waals surface area contributed by atoms with Gasteiger partial charge < -0.3 is 24.3 Å². The Labute approximate surface area is 241 Å². The lowest BCUT2D eigenvalue weighted by molar-refractivity contribution is -0.117. The molecule has 5 rings (SSSR count). The van der Waals surface area contributed by atoms with Gasteiger partial charge in [0.2, 0.25) is 5.91 Å². The molecule has 0 bridgehead atoms. The maximum atomic E-state index is 12.3. The molecular formula is C30H38ClN7O2. The average molecular weight is 564 g/mol. The van der Waals surface area contributed by atoms with Crippen molar-refractivity contribution in [1.82, 2.24) is 19.8 Å². The Kier molecular flexibility index (Phi) is 8.71. The van der Waals surface area contributed by atoms with Crippen LogP contribution in [0, 0.1) is 0 Å². The SMILES string of the molecule is CN(C)C=NC(=O)CCN(C)c1nc(OC[C@@H]2CCCN2C)nc2c1CCN(c1cccc3cccc(Cl)c13)C2. The number of hydrogen-bond donors (Lipinski definition) is 0. The number of rotatable bonds is 9. The summed E-state index contributed by atoms with van der Waals surface area (Å²) in [5, 5.41) is 2.91. The van der Waals surface area contributed by atoms with Gasteiger partial charge in [-0.15, -0.1) is 0 Å². The van der Waals surface area contributed by atoms with Gasteiger partial charge in [0, 0.05) is 63.3 Å². The van der Waals surface area contributed by atoms with Crippen LogP contribution in [0.25, 0.3) is 10.8 Å². The summed E-state index contributed by atoms with van der Waals surface area (Å²) < 4.78 is 6.21. The minimum atomic E-state index is -0.164. The van der Waals surface area contributed by atoms with Crippen molar-refractivity contribution in [3.05, 3.63) is 52.7 Å². The predicted octanol–water partition coefficient (Wildman–Crippen LogP) is 4.26. The number of benzene rings is 2. The van der Waals surface area contributed by atoms with Crippen molar-refractivity contribution >= 4 is 46.1 Å². The highest BCUT2D eigenvalue weighted by Crippen LogP contribution is 2.36. The number of carbonyl (C=O) groups is 1. The standard InChI is InChI=1S/C30H38ClN7O2/c1-35(2)20-32-27(39)14-16-37(4)29-23-13-17-38(26-12-6-9-21-8-5-11-24(31)28(21)26)18-25(23)33-30(34-29)40-19-22-10-7-15-36(22)3/h5-6,8-9,11-12,20,22H,7,10,13-19H2,1-4H3/t22-/m0/s1. The minimum absolute atomic E-state index is 0.164. The van der Waals surface area contributed by atoms with Crippen molar-refractivity contribution in [2.45, 2.75) is 38.3 Å². The number of anilines is 2. The zero-order valence-corrected chi connectivity index (χ0v) is 24.6. The zero-order valence-electron chi connectivity index (χ0n) is 23.8. The Morgan fingerprint density at radius 1 is 1.18 bits per heavy atom. The topological polar surface area (TPSA) is 77.4 Å². The Bertz CT molecular complexity index is 1390. The Morgan fingerprint density at radius 2 is 1.98 bits per heavy atom. The van der Waals surface area contributed by atoms with E-state index in [-0.39, 0.29) is 5.91 Å². The molecule has 9 nitrogen and oxygen atoms in total. The number of fused-ring (bicyclic) bond motifs is 2. The number of carbonyl (C=O) groups excluding carboxylic acids is 1. The summed E-state index contributed by atoms with van der Waals surface area (Å²) in [7, 11) is 7.79. The molecule has 2 aromatic carbocycles. The van der Waals surface area contributed by atoms with Gasteiger partial charge >= 0.3 is 6.01 Å². The molecule has 1 atom stereocenters. The van der Waals surface area contributed by atoms with Crippen LogP contribution in [-0.4, -0.2) is 92.5 Å². The van der Waals surface area contributed by atoms with E-state index in [1.54, 1.807) is 4.90 Å². The third-order valence-corrected chi connectivity index (χ3v) is 8.04. The molecule has 1 amide bonds. The fraction of sp³-hybridized carbons (Fsp3) is 0.467. The van der Waals surface area contributed by atoms with Crippen LogP contribution in [-0.2, 0) is 17.8 Å². The minimum Gasteiger partial charge on any atom is -0.462 e. The number of nitrogens with zero attached hydrogens (tertiary/aromatic N) is 7. The van der Waals surface area contributed by atoms with Crippen LogP contribution in [0.1, 0.15) is 30.5 Å². The highest BCUT2D eigenvalue weighted by molar-refractivity contribution is 6.36. The van der Waals surface area contributed by atoms with Crippen molar-refractivity contribution in [1.29, 1.82) is 0 Å². The number of aliphatic imine (C=N–C) groups is 1. The van der Waals surface area contributed by atoms with Crippen LogP contribution in [0.3, 0.4) is 0 Å². The smallest absolute Gasteiger partial charge is 0.318 e. The first kappa shape index (κ1) is 28.1. The first-order valence-electron chi connectivity index (χ1n) is 13.9. The van der Waals surface area contributed by atoms with Crippen molar-refractivity contribution < 1.29 is 9.53 Å². The lowest BCUT2D eigenvalue weighted by Gasteiger charge is -2.33. The number of ether oxygens (including phenoxy) is 1. The summed E-state index contributed by atoms with van der Waals surface area (Å²) in [5.74, 6) is 0.656. The van der Waals surface area contributed by atoms with E-state index in [0.29, 0.717) is 38.2 Å². The van der Waals surface area contributed by atoms with Crippen molar-refractivity contribution in [3.8, 4) is 6.01 Å². The number of aromatic nitrogens is 2. The molecule has 3 aromatic rings. The van der Waals surface area contributed by atoms with Gasteiger partial charge in [0.25, 0.3) is 0 Å². The summed E-state index contributed by atoms with van der Waals surface area (Å²) in [5.41, 5.74) is 3.14. The number of likely N-dealkylation sites (tertiary alicyclic amines) is 1. The molecule has 2 aliphatic heterocycles. The quantitative estimate of drug-likeness (QED) is 0.282. The van der Waals surface area contributed by atoms with Crippen molar-refractivity contribution in [2.24, 2.45) is 4.99 Å². The third kappa shape index (κ3) is 6.31. The largest absolute Gasteiger partial charge is 0.462 e. The van der Waals surface area contributed by atoms with Gasteiger partial charge in [-0.2, -0.15) is 9.97 Å². The predicted molar refractivity (Wildman–Crippen MR) is 162 cm³/mol. The molecule has 1 saturated heterocycles. The number of hydrogen-bond acceptors (Lipinski definition) is 7. The monoisotopic (exact) mass is 563 g/mol. The number of halogens is 1. The Hall–Kier alpha value is -3.43. The molecule has 10 heteroatoms. The third-order valence-electron chi connectivity index (χ3n) is 7.73. The van der Waals surface area contributed by atoms with Gasteiger partial charge in [-0.3, -0.25) is 4.79 Å². The van der Waals surface area contributed by atoms with Crippen LogP contribution < -0.4 is 14.5 Å². The van der Waals surface area contributed by atoms with Gasteiger partial charge in [-0.1, -0.05) is 35.9 Å². The zero-order chi connectivity index (χ0) is 28.2. The Morgan fingerprint density at radius 3 is 2.73 bits per heavy atom. The molecule has 0 radical (unpaired) electrons. The molecule has 2 aliphatic rings. The second-order valence-corrected chi connectivity index (χ2v) is 11.3. The molecule has 0 saturated carbocycles. The second kappa shape index (κ2) is 12.4.